The normalized spacial score (nSPS) is 12.9. The van der Waals surface area contributed by atoms with Crippen molar-refractivity contribution in [2.24, 2.45) is 5.92 Å². The molecule has 0 aliphatic rings. The molecule has 0 amide bonds. The van der Waals surface area contributed by atoms with E-state index in [2.05, 4.69) is 29.3 Å². The summed E-state index contributed by atoms with van der Waals surface area (Å²) >= 11 is 4.41. The molecule has 0 aromatic rings. The van der Waals surface area contributed by atoms with Gasteiger partial charge in [-0.3, -0.25) is 4.57 Å². The summed E-state index contributed by atoms with van der Waals surface area (Å²) < 4.78 is 10.7. The summed E-state index contributed by atoms with van der Waals surface area (Å²) in [6.07, 6.45) is 6.50. The molecule has 0 spiro atoms. The van der Waals surface area contributed by atoms with E-state index in [9.17, 15) is 4.57 Å². The Hall–Kier alpha value is 0.644. The first-order valence-electron chi connectivity index (χ1n) is 6.47. The van der Waals surface area contributed by atoms with Crippen molar-refractivity contribution in [3.05, 3.63) is 0 Å². The van der Waals surface area contributed by atoms with Gasteiger partial charge in [0.1, 0.15) is 0 Å². The van der Waals surface area contributed by atoms with E-state index in [1.165, 1.54) is 12.8 Å². The molecule has 0 heterocycles. The third-order valence-electron chi connectivity index (χ3n) is 2.50. The van der Waals surface area contributed by atoms with Crippen LogP contribution in [0.15, 0.2) is 0 Å². The van der Waals surface area contributed by atoms with E-state index in [0.29, 0.717) is 0 Å². The van der Waals surface area contributed by atoms with Gasteiger partial charge in [-0.15, -0.1) is 0 Å². The number of hydrogen-bond acceptors (Lipinski definition) is 1. The second-order valence-electron chi connectivity index (χ2n) is 4.28. The van der Waals surface area contributed by atoms with Crippen LogP contribution >= 0.6 is 7.60 Å². The Morgan fingerprint density at radius 2 is 1.65 bits per heavy atom. The summed E-state index contributed by atoms with van der Waals surface area (Å²) in [6, 6.07) is 0. The van der Waals surface area contributed by atoms with Crippen molar-refractivity contribution < 1.29 is 29.8 Å². The van der Waals surface area contributed by atoms with Gasteiger partial charge in [0.05, 0.1) is 6.16 Å². The third kappa shape index (κ3) is 19.2. The predicted molar refractivity (Wildman–Crippen MR) is 69.9 cm³/mol. The van der Waals surface area contributed by atoms with Crippen LogP contribution in [0.4, 0.5) is 0 Å². The van der Waals surface area contributed by atoms with Crippen molar-refractivity contribution >= 4 is 7.60 Å². The molecule has 2 N–H and O–H groups in total. The molecule has 3 nitrogen and oxygen atoms in total. The zero-order valence-corrected chi connectivity index (χ0v) is 13.2. The van der Waals surface area contributed by atoms with Crippen LogP contribution < -0.4 is 0 Å². The van der Waals surface area contributed by atoms with E-state index in [1.807, 2.05) is 6.92 Å². The zero-order chi connectivity index (χ0) is 13.7. The van der Waals surface area contributed by atoms with Gasteiger partial charge in [0.15, 0.2) is 0 Å². The molecule has 109 valence electrons. The molecule has 1 unspecified atom stereocenters. The molecular weight excluding hydrogens is 282 g/mol. The summed E-state index contributed by atoms with van der Waals surface area (Å²) in [4.78, 5) is 17.5. The molecule has 0 aliphatic carbocycles. The molecule has 0 radical (unpaired) electrons. The van der Waals surface area contributed by atoms with Crippen molar-refractivity contribution in [2.75, 3.05) is 6.16 Å². The minimum absolute atomic E-state index is 0.0590. The quantitative estimate of drug-likeness (QED) is 0.523. The van der Waals surface area contributed by atoms with Crippen molar-refractivity contribution in [3.63, 3.8) is 0 Å². The Morgan fingerprint density at radius 3 is 1.88 bits per heavy atom. The maximum absolute atomic E-state index is 10.7. The van der Waals surface area contributed by atoms with Crippen LogP contribution in [0, 0.1) is 5.92 Å². The van der Waals surface area contributed by atoms with Gasteiger partial charge in [-0.2, -0.15) is 0 Å². The number of rotatable bonds is 8. The van der Waals surface area contributed by atoms with E-state index in [1.54, 1.807) is 0 Å². The molecule has 0 aromatic carbocycles. The summed E-state index contributed by atoms with van der Waals surface area (Å²) in [5.74, 6) is 0.200. The molecule has 17 heavy (non-hydrogen) atoms. The first kappa shape index (κ1) is 20.0. The van der Waals surface area contributed by atoms with Crippen LogP contribution in [-0.2, 0) is 20.0 Å². The monoisotopic (exact) mass is 309 g/mol. The third-order valence-corrected chi connectivity index (χ3v) is 3.85. The summed E-state index contributed by atoms with van der Waals surface area (Å²) in [5, 5.41) is 0.969. The van der Waals surface area contributed by atoms with Crippen molar-refractivity contribution in [3.8, 4) is 0 Å². The van der Waals surface area contributed by atoms with Crippen LogP contribution in [0.5, 0.6) is 0 Å². The number of hydrogen-bond donors (Lipinski definition) is 2. The second kappa shape index (κ2) is 13.1. The molecular formula is C12H28NiO3P. The van der Waals surface area contributed by atoms with Crippen LogP contribution in [-0.4, -0.2) is 15.9 Å². The molecule has 1 atom stereocenters. The average molecular weight is 310 g/mol. The van der Waals surface area contributed by atoms with Gasteiger partial charge >= 0.3 is 48.2 Å². The molecule has 0 aliphatic heterocycles. The van der Waals surface area contributed by atoms with Gasteiger partial charge in [-0.05, 0) is 12.3 Å². The van der Waals surface area contributed by atoms with Gasteiger partial charge in [0.25, 0.3) is 0 Å². The van der Waals surface area contributed by atoms with Gasteiger partial charge in [0.2, 0.25) is 0 Å². The van der Waals surface area contributed by atoms with Gasteiger partial charge < -0.3 is 9.79 Å². The Bertz CT molecular complexity index is 192. The zero-order valence-electron chi connectivity index (χ0n) is 11.3. The van der Waals surface area contributed by atoms with E-state index in [0.717, 1.165) is 31.1 Å². The van der Waals surface area contributed by atoms with Crippen molar-refractivity contribution in [1.29, 1.82) is 0 Å². The Labute approximate surface area is 114 Å². The van der Waals surface area contributed by atoms with Crippen LogP contribution in [0.3, 0.4) is 0 Å². The van der Waals surface area contributed by atoms with Gasteiger partial charge in [-0.25, -0.2) is 0 Å². The van der Waals surface area contributed by atoms with Crippen LogP contribution in [0.1, 0.15) is 59.3 Å². The molecule has 5 heteroatoms. The fourth-order valence-corrected chi connectivity index (χ4v) is 2.83. The Kier molecular flexibility index (Phi) is 15.4. The molecule has 0 rings (SSSR count). The maximum atomic E-state index is 10.7. The first-order valence-corrected chi connectivity index (χ1v) is 8.96. The molecule has 0 fully saturated rings. The van der Waals surface area contributed by atoms with Crippen LogP contribution in [0.2, 0.25) is 5.39 Å². The summed E-state index contributed by atoms with van der Waals surface area (Å²) in [7, 11) is -3.78. The Morgan fingerprint density at radius 1 is 1.12 bits per heavy atom. The Balaban J connectivity index is 0. The summed E-state index contributed by atoms with van der Waals surface area (Å²) in [5.41, 5.74) is 0. The summed E-state index contributed by atoms with van der Waals surface area (Å²) in [6.45, 7) is 6.22. The van der Waals surface area contributed by atoms with E-state index in [-0.39, 0.29) is 12.1 Å². The topological polar surface area (TPSA) is 57.5 Å². The SMILES string of the molecule is CCCCC(CC)CP(=O)(O)O.CCC[CH2][Ni]. The van der Waals surface area contributed by atoms with E-state index < -0.39 is 7.60 Å². The molecule has 0 bridgehead atoms. The first-order chi connectivity index (χ1) is 7.91. The molecule has 0 saturated heterocycles. The van der Waals surface area contributed by atoms with Crippen molar-refractivity contribution in [2.45, 2.75) is 64.7 Å². The van der Waals surface area contributed by atoms with Crippen LogP contribution in [0.25, 0.3) is 0 Å². The predicted octanol–water partition coefficient (Wildman–Crippen LogP) is 4.13. The average Bonchev–Trinajstić information content (AvgIpc) is 2.24. The fourth-order valence-electron chi connectivity index (χ4n) is 1.37. The number of unbranched alkanes of at least 4 members (excludes halogenated alkanes) is 2. The molecule has 0 saturated carbocycles. The second-order valence-corrected chi connectivity index (χ2v) is 6.46. The standard InChI is InChI=1S/C8H19O3P.C4H9.Ni/c1-3-5-6-8(4-2)7-12(9,10)11;1-3-4-2;/h8H,3-7H2,1-2H3,(H2,9,10,11);1,3-4H2,2H3;. The fraction of sp³-hybridized carbons (Fsp3) is 1.00. The van der Waals surface area contributed by atoms with Crippen molar-refractivity contribution in [1.82, 2.24) is 0 Å². The van der Waals surface area contributed by atoms with Gasteiger partial charge in [0, 0.05) is 0 Å². The van der Waals surface area contributed by atoms with E-state index in [4.69, 9.17) is 9.79 Å². The van der Waals surface area contributed by atoms with Gasteiger partial charge in [-0.1, -0.05) is 33.1 Å². The van der Waals surface area contributed by atoms with E-state index >= 15 is 0 Å². The molecule has 0 aromatic heterocycles. The minimum atomic E-state index is -3.78.